The molecule has 3 aromatic rings. The Kier molecular flexibility index (Phi) is 10.4. The van der Waals surface area contributed by atoms with Crippen molar-refractivity contribution in [3.05, 3.63) is 54.6 Å². The topological polar surface area (TPSA) is 0 Å². The molecule has 0 spiro atoms. The van der Waals surface area contributed by atoms with Gasteiger partial charge in [-0.2, -0.15) is 0 Å². The van der Waals surface area contributed by atoms with E-state index >= 15 is 8.78 Å². The largest absolute Gasteiger partial charge is 0.206 e. The van der Waals surface area contributed by atoms with Crippen LogP contribution in [0.3, 0.4) is 0 Å². The van der Waals surface area contributed by atoms with Gasteiger partial charge < -0.3 is 0 Å². The van der Waals surface area contributed by atoms with Crippen molar-refractivity contribution in [1.29, 1.82) is 0 Å². The second-order valence-corrected chi connectivity index (χ2v) is 12.2. The molecule has 6 heteroatoms. The molecule has 2 heterocycles. The van der Waals surface area contributed by atoms with Crippen LogP contribution < -0.4 is 0 Å². The predicted molar refractivity (Wildman–Crippen MR) is 144 cm³/mol. The van der Waals surface area contributed by atoms with Crippen LogP contribution in [0.2, 0.25) is 0 Å². The van der Waals surface area contributed by atoms with Gasteiger partial charge in [0.2, 0.25) is 0 Å². The maximum atomic E-state index is 15.2. The highest BCUT2D eigenvalue weighted by molar-refractivity contribution is 9.11. The van der Waals surface area contributed by atoms with E-state index in [1.54, 1.807) is 22.7 Å². The summed E-state index contributed by atoms with van der Waals surface area (Å²) >= 11 is 10.2. The Hall–Kier alpha value is -0.560. The third kappa shape index (κ3) is 6.74. The van der Waals surface area contributed by atoms with Crippen LogP contribution in [0.15, 0.2) is 33.2 Å². The summed E-state index contributed by atoms with van der Waals surface area (Å²) in [6.07, 6.45) is 11.5. The summed E-state index contributed by atoms with van der Waals surface area (Å²) in [6.45, 7) is 4.40. The second-order valence-electron chi connectivity index (χ2n) is 8.21. The molecule has 32 heavy (non-hydrogen) atoms. The van der Waals surface area contributed by atoms with E-state index in [-0.39, 0.29) is 11.6 Å². The SMILES string of the molecule is CCCCCCc1cc(Br)c(-c2cc(F)c(-c3sc(CCCCCC)cc3Br)cc2F)s1. The lowest BCUT2D eigenvalue weighted by molar-refractivity contribution is 0.606. The highest BCUT2D eigenvalue weighted by atomic mass is 79.9. The van der Waals surface area contributed by atoms with Crippen molar-refractivity contribution >= 4 is 54.5 Å². The van der Waals surface area contributed by atoms with E-state index in [0.29, 0.717) is 11.1 Å². The molecule has 0 unspecified atom stereocenters. The van der Waals surface area contributed by atoms with Gasteiger partial charge >= 0.3 is 0 Å². The van der Waals surface area contributed by atoms with Gasteiger partial charge in [-0.25, -0.2) is 8.78 Å². The minimum atomic E-state index is -0.383. The predicted octanol–water partition coefficient (Wildman–Crippen LogP) is 11.2. The standard InChI is InChI=1S/C26H30Br2F2S2/c1-3-5-7-9-11-17-13-21(27)25(31-17)19-15-24(30)20(16-23(19)29)26-22(28)14-18(32-26)12-10-8-6-4-2/h13-16H,3-12H2,1-2H3. The Balaban J connectivity index is 1.80. The molecule has 174 valence electrons. The average Bonchev–Trinajstić information content (AvgIpc) is 3.32. The molecular formula is C26H30Br2F2S2. The van der Waals surface area contributed by atoms with E-state index in [0.717, 1.165) is 44.4 Å². The molecular weight excluding hydrogens is 574 g/mol. The summed E-state index contributed by atoms with van der Waals surface area (Å²) in [5, 5.41) is 0. The molecule has 2 aromatic heterocycles. The number of aryl methyl sites for hydroxylation is 2. The quantitative estimate of drug-likeness (QED) is 0.181. The van der Waals surface area contributed by atoms with E-state index < -0.39 is 0 Å². The van der Waals surface area contributed by atoms with Gasteiger partial charge in [-0.1, -0.05) is 52.4 Å². The molecule has 1 aromatic carbocycles. The summed E-state index contributed by atoms with van der Waals surface area (Å²) in [5.74, 6) is -0.766. The third-order valence-electron chi connectivity index (χ3n) is 5.58. The Morgan fingerprint density at radius 2 is 1.03 bits per heavy atom. The van der Waals surface area contributed by atoms with Crippen molar-refractivity contribution in [2.45, 2.75) is 78.1 Å². The smallest absolute Gasteiger partial charge is 0.132 e. The maximum Gasteiger partial charge on any atom is 0.132 e. The van der Waals surface area contributed by atoms with Crippen molar-refractivity contribution in [2.75, 3.05) is 0 Å². The van der Waals surface area contributed by atoms with Crippen LogP contribution in [0.1, 0.15) is 75.0 Å². The highest BCUT2D eigenvalue weighted by Gasteiger charge is 2.20. The van der Waals surface area contributed by atoms with Crippen LogP contribution in [-0.4, -0.2) is 0 Å². The molecule has 0 amide bonds. The van der Waals surface area contributed by atoms with Gasteiger partial charge in [0.05, 0.1) is 9.75 Å². The first kappa shape index (κ1) is 26.1. The molecule has 0 aliphatic rings. The summed E-state index contributed by atoms with van der Waals surface area (Å²) in [6, 6.07) is 6.82. The minimum Gasteiger partial charge on any atom is -0.206 e. The van der Waals surface area contributed by atoms with E-state index in [1.807, 2.05) is 0 Å². The van der Waals surface area contributed by atoms with E-state index in [9.17, 15) is 0 Å². The van der Waals surface area contributed by atoms with Crippen LogP contribution >= 0.6 is 54.5 Å². The normalized spacial score (nSPS) is 11.4. The van der Waals surface area contributed by atoms with Crippen LogP contribution in [0.5, 0.6) is 0 Å². The van der Waals surface area contributed by atoms with Gasteiger partial charge in [-0.3, -0.25) is 0 Å². The lowest BCUT2D eigenvalue weighted by Crippen LogP contribution is -1.90. The first-order valence-corrected chi connectivity index (χ1v) is 14.7. The van der Waals surface area contributed by atoms with Gasteiger partial charge in [0, 0.05) is 29.8 Å². The molecule has 3 rings (SSSR count). The number of benzene rings is 1. The number of hydrogen-bond acceptors (Lipinski definition) is 2. The molecule has 0 nitrogen and oxygen atoms in total. The maximum absolute atomic E-state index is 15.2. The zero-order valence-corrected chi connectivity index (χ0v) is 23.5. The summed E-state index contributed by atoms with van der Waals surface area (Å²) in [7, 11) is 0. The lowest BCUT2D eigenvalue weighted by atomic mass is 10.1. The number of rotatable bonds is 12. The summed E-state index contributed by atoms with van der Waals surface area (Å²) in [4.78, 5) is 3.95. The minimum absolute atomic E-state index is 0.329. The van der Waals surface area contributed by atoms with Crippen molar-refractivity contribution in [1.82, 2.24) is 0 Å². The first-order valence-electron chi connectivity index (χ1n) is 11.5. The lowest BCUT2D eigenvalue weighted by Gasteiger charge is -2.07. The summed E-state index contributed by atoms with van der Waals surface area (Å²) < 4.78 is 32.0. The number of hydrogen-bond donors (Lipinski definition) is 0. The molecule has 0 bridgehead atoms. The van der Waals surface area contributed by atoms with Crippen molar-refractivity contribution in [2.24, 2.45) is 0 Å². The van der Waals surface area contributed by atoms with Gasteiger partial charge in [0.15, 0.2) is 0 Å². The third-order valence-corrected chi connectivity index (χ3v) is 9.81. The van der Waals surface area contributed by atoms with Crippen molar-refractivity contribution < 1.29 is 8.78 Å². The molecule has 0 aliphatic carbocycles. The summed E-state index contributed by atoms with van der Waals surface area (Å²) in [5.41, 5.74) is 0.658. The molecule has 0 atom stereocenters. The fourth-order valence-electron chi connectivity index (χ4n) is 3.79. The van der Waals surface area contributed by atoms with Crippen LogP contribution in [0, 0.1) is 11.6 Å². The zero-order chi connectivity index (χ0) is 23.1. The van der Waals surface area contributed by atoms with Gasteiger partial charge in [-0.15, -0.1) is 22.7 Å². The number of thiophene rings is 2. The van der Waals surface area contributed by atoms with Crippen molar-refractivity contribution in [3.8, 4) is 20.9 Å². The molecule has 0 radical (unpaired) electrons. The zero-order valence-electron chi connectivity index (χ0n) is 18.7. The molecule has 0 saturated heterocycles. The Morgan fingerprint density at radius 3 is 1.41 bits per heavy atom. The first-order chi connectivity index (χ1) is 15.4. The van der Waals surface area contributed by atoms with E-state index in [1.165, 1.54) is 60.4 Å². The Labute approximate surface area is 215 Å². The average molecular weight is 604 g/mol. The number of unbranched alkanes of at least 4 members (excludes halogenated alkanes) is 6. The monoisotopic (exact) mass is 602 g/mol. The fraction of sp³-hybridized carbons (Fsp3) is 0.462. The molecule has 0 fully saturated rings. The van der Waals surface area contributed by atoms with Crippen LogP contribution in [0.4, 0.5) is 8.78 Å². The van der Waals surface area contributed by atoms with Crippen LogP contribution in [0.25, 0.3) is 20.9 Å². The fourth-order valence-corrected chi connectivity index (χ4v) is 7.78. The Morgan fingerprint density at radius 1 is 0.625 bits per heavy atom. The molecule has 0 saturated carbocycles. The van der Waals surface area contributed by atoms with Gasteiger partial charge in [0.25, 0.3) is 0 Å². The molecule has 0 N–H and O–H groups in total. The van der Waals surface area contributed by atoms with Crippen LogP contribution in [-0.2, 0) is 12.8 Å². The van der Waals surface area contributed by atoms with Gasteiger partial charge in [-0.05, 0) is 81.8 Å². The Bertz CT molecular complexity index is 941. The highest BCUT2D eigenvalue weighted by Crippen LogP contribution is 2.43. The van der Waals surface area contributed by atoms with E-state index in [4.69, 9.17) is 0 Å². The van der Waals surface area contributed by atoms with E-state index in [2.05, 4.69) is 57.8 Å². The van der Waals surface area contributed by atoms with Crippen molar-refractivity contribution in [3.63, 3.8) is 0 Å². The molecule has 0 aliphatic heterocycles. The number of halogens is 4. The van der Waals surface area contributed by atoms with Gasteiger partial charge in [0.1, 0.15) is 11.6 Å². The second kappa shape index (κ2) is 12.8.